The van der Waals surface area contributed by atoms with Gasteiger partial charge in [-0.25, -0.2) is 0 Å². The van der Waals surface area contributed by atoms with Crippen molar-refractivity contribution in [3.8, 4) is 22.5 Å². The van der Waals surface area contributed by atoms with Gasteiger partial charge in [0.25, 0.3) is 0 Å². The summed E-state index contributed by atoms with van der Waals surface area (Å²) in [5.74, 6) is 0. The van der Waals surface area contributed by atoms with Crippen molar-refractivity contribution in [1.82, 2.24) is 15.0 Å². The predicted molar refractivity (Wildman–Crippen MR) is 151 cm³/mol. The molecule has 193 valence electrons. The summed E-state index contributed by atoms with van der Waals surface area (Å²) in [7, 11) is 0. The second kappa shape index (κ2) is 11.4. The van der Waals surface area contributed by atoms with E-state index < -0.39 is 0 Å². The maximum absolute atomic E-state index is 5.58. The molecule has 0 saturated carbocycles. The number of aryl methyl sites for hydroxylation is 6. The summed E-state index contributed by atoms with van der Waals surface area (Å²) < 4.78 is 5.58. The fourth-order valence-electron chi connectivity index (χ4n) is 4.13. The van der Waals surface area contributed by atoms with E-state index in [2.05, 4.69) is 79.0 Å². The topological polar surface area (TPSA) is 51.8 Å². The Kier molecular flexibility index (Phi) is 8.20. The number of benzene rings is 2. The molecule has 0 N–H and O–H groups in total. The molecule has 6 aromatic rings. The number of rotatable bonds is 2. The summed E-state index contributed by atoms with van der Waals surface area (Å²) in [6.45, 7) is 12.4. The van der Waals surface area contributed by atoms with E-state index >= 15 is 0 Å². The molecule has 4 aromatic heterocycles. The fourth-order valence-corrected chi connectivity index (χ4v) is 4.13. The van der Waals surface area contributed by atoms with Gasteiger partial charge in [0.15, 0.2) is 0 Å². The standard InChI is InChI=1S/C18H13N2O.C15H16N.Ir/c1-11-3-6-16(19-10-11)15-9-13-7-8-21-18(13)17-14(15)5-4-12(2)20-17;1-10-5-6-14(7-11(10)2)15-8-12(3)13(4)9-16-15;/h3-8,10H,1-2H3;5,7-9H,1-4H3;/q2*-1;. The van der Waals surface area contributed by atoms with Gasteiger partial charge in [0.1, 0.15) is 0 Å². The molecule has 0 aliphatic rings. The third-order valence-corrected chi connectivity index (χ3v) is 6.69. The molecule has 0 fully saturated rings. The van der Waals surface area contributed by atoms with E-state index in [1.54, 1.807) is 6.26 Å². The van der Waals surface area contributed by atoms with Crippen LogP contribution in [0.4, 0.5) is 0 Å². The van der Waals surface area contributed by atoms with E-state index in [9.17, 15) is 0 Å². The van der Waals surface area contributed by atoms with Gasteiger partial charge in [0.2, 0.25) is 0 Å². The first-order valence-corrected chi connectivity index (χ1v) is 12.4. The Morgan fingerprint density at radius 2 is 1.50 bits per heavy atom. The largest absolute Gasteiger partial charge is 0.506 e. The van der Waals surface area contributed by atoms with Crippen LogP contribution in [0.25, 0.3) is 44.4 Å². The maximum Gasteiger partial charge on any atom is 0.0847 e. The van der Waals surface area contributed by atoms with Crippen molar-refractivity contribution in [3.63, 3.8) is 0 Å². The Labute approximate surface area is 237 Å². The minimum Gasteiger partial charge on any atom is -0.506 e. The van der Waals surface area contributed by atoms with Gasteiger partial charge in [-0.1, -0.05) is 66.1 Å². The van der Waals surface area contributed by atoms with Crippen LogP contribution in [0.5, 0.6) is 0 Å². The first-order chi connectivity index (χ1) is 17.8. The second-order valence-corrected chi connectivity index (χ2v) is 9.60. The number of hydrogen-bond donors (Lipinski definition) is 0. The smallest absolute Gasteiger partial charge is 0.0847 e. The molecule has 0 amide bonds. The predicted octanol–water partition coefficient (Wildman–Crippen LogP) is 8.24. The molecule has 38 heavy (non-hydrogen) atoms. The van der Waals surface area contributed by atoms with Crippen LogP contribution >= 0.6 is 0 Å². The van der Waals surface area contributed by atoms with Crippen LogP contribution in [-0.4, -0.2) is 15.0 Å². The zero-order valence-corrected chi connectivity index (χ0v) is 24.8. The summed E-state index contributed by atoms with van der Waals surface area (Å²) in [4.78, 5) is 13.6. The van der Waals surface area contributed by atoms with Gasteiger partial charge in [-0.05, 0) is 50.6 Å². The van der Waals surface area contributed by atoms with E-state index in [0.717, 1.165) is 55.6 Å². The molecule has 2 aromatic carbocycles. The minimum absolute atomic E-state index is 0. The number of nitrogens with zero attached hydrogens (tertiary/aromatic N) is 3. The van der Waals surface area contributed by atoms with Gasteiger partial charge in [-0.3, -0.25) is 9.97 Å². The molecule has 0 spiro atoms. The van der Waals surface area contributed by atoms with Crippen LogP contribution in [-0.2, 0) is 20.1 Å². The van der Waals surface area contributed by atoms with Crippen molar-refractivity contribution in [2.75, 3.05) is 0 Å². The van der Waals surface area contributed by atoms with Crippen LogP contribution < -0.4 is 0 Å². The van der Waals surface area contributed by atoms with Crippen LogP contribution in [0.2, 0.25) is 0 Å². The van der Waals surface area contributed by atoms with Crippen LogP contribution in [0, 0.1) is 53.7 Å². The Hall–Kier alpha value is -3.66. The number of fused-ring (bicyclic) bond motifs is 3. The normalized spacial score (nSPS) is 10.7. The first kappa shape index (κ1) is 27.4. The Morgan fingerprint density at radius 1 is 0.737 bits per heavy atom. The molecule has 4 nitrogen and oxygen atoms in total. The molecule has 0 unspecified atom stereocenters. The van der Waals surface area contributed by atoms with Crippen LogP contribution in [0.1, 0.15) is 33.5 Å². The molecular weight excluding hydrogens is 647 g/mol. The van der Waals surface area contributed by atoms with Gasteiger partial charge >= 0.3 is 0 Å². The average molecular weight is 676 g/mol. The molecule has 0 aliphatic heterocycles. The van der Waals surface area contributed by atoms with Crippen LogP contribution in [0.15, 0.2) is 71.6 Å². The first-order valence-electron chi connectivity index (χ1n) is 12.4. The molecule has 0 atom stereocenters. The number of pyridine rings is 3. The van der Waals surface area contributed by atoms with Crippen LogP contribution in [0.3, 0.4) is 0 Å². The molecule has 0 bridgehead atoms. The average Bonchev–Trinajstić information content (AvgIpc) is 3.37. The molecule has 4 heterocycles. The Morgan fingerprint density at radius 3 is 2.21 bits per heavy atom. The van der Waals surface area contributed by atoms with Crippen molar-refractivity contribution in [1.29, 1.82) is 0 Å². The van der Waals surface area contributed by atoms with Crippen molar-refractivity contribution >= 4 is 21.9 Å². The van der Waals surface area contributed by atoms with E-state index in [4.69, 9.17) is 4.42 Å². The van der Waals surface area contributed by atoms with E-state index in [1.807, 2.05) is 50.5 Å². The quantitative estimate of drug-likeness (QED) is 0.174. The molecule has 0 aliphatic carbocycles. The molecule has 0 saturated heterocycles. The fraction of sp³-hybridized carbons (Fsp3) is 0.182. The maximum atomic E-state index is 5.58. The monoisotopic (exact) mass is 676 g/mol. The Balaban J connectivity index is 0.000000179. The zero-order chi connectivity index (χ0) is 26.1. The van der Waals surface area contributed by atoms with Crippen molar-refractivity contribution < 1.29 is 24.5 Å². The third-order valence-electron chi connectivity index (χ3n) is 6.69. The second-order valence-electron chi connectivity index (χ2n) is 9.60. The number of aromatic nitrogens is 3. The minimum atomic E-state index is 0. The Bertz CT molecular complexity index is 1690. The number of furan rings is 1. The summed E-state index contributed by atoms with van der Waals surface area (Å²) in [6.07, 6.45) is 5.47. The third kappa shape index (κ3) is 5.60. The van der Waals surface area contributed by atoms with E-state index in [1.165, 1.54) is 22.3 Å². The van der Waals surface area contributed by atoms with Gasteiger partial charge in [0, 0.05) is 55.7 Å². The van der Waals surface area contributed by atoms with Gasteiger partial charge in [0.05, 0.1) is 5.58 Å². The summed E-state index contributed by atoms with van der Waals surface area (Å²) in [5.41, 5.74) is 12.8. The van der Waals surface area contributed by atoms with Gasteiger partial charge < -0.3 is 9.40 Å². The zero-order valence-electron chi connectivity index (χ0n) is 22.4. The number of hydrogen-bond acceptors (Lipinski definition) is 4. The molecular formula is C33H29IrN3O-2. The van der Waals surface area contributed by atoms with Crippen molar-refractivity contribution in [2.24, 2.45) is 0 Å². The molecule has 1 radical (unpaired) electrons. The molecule has 5 heteroatoms. The summed E-state index contributed by atoms with van der Waals surface area (Å²) in [6, 6.07) is 23.0. The molecule has 6 rings (SSSR count). The van der Waals surface area contributed by atoms with Gasteiger partial charge in [-0.15, -0.1) is 41.0 Å². The summed E-state index contributed by atoms with van der Waals surface area (Å²) >= 11 is 0. The van der Waals surface area contributed by atoms with E-state index in [-0.39, 0.29) is 20.1 Å². The van der Waals surface area contributed by atoms with Gasteiger partial charge in [-0.2, -0.15) is 0 Å². The summed E-state index contributed by atoms with van der Waals surface area (Å²) in [5, 5.41) is 1.94. The van der Waals surface area contributed by atoms with E-state index in [0.29, 0.717) is 0 Å². The van der Waals surface area contributed by atoms with Crippen molar-refractivity contribution in [3.05, 3.63) is 113 Å². The SMILES string of the molecule is Cc1c[c-]c(-c2cc(C)c(C)cn2)cc1C.Cc1ccc(-c2[c-]c3ccoc3c3nc(C)ccc23)nc1.[Ir]. The van der Waals surface area contributed by atoms with Crippen molar-refractivity contribution in [2.45, 2.75) is 41.5 Å².